The summed E-state index contributed by atoms with van der Waals surface area (Å²) in [5.41, 5.74) is 1.16. The van der Waals surface area contributed by atoms with Crippen molar-refractivity contribution in [1.29, 1.82) is 0 Å². The maximum absolute atomic E-state index is 11.5. The number of tetrazole rings is 1. The van der Waals surface area contributed by atoms with Gasteiger partial charge in [0.1, 0.15) is 0 Å². The van der Waals surface area contributed by atoms with Crippen molar-refractivity contribution < 1.29 is 4.79 Å². The predicted molar refractivity (Wildman–Crippen MR) is 67.2 cm³/mol. The minimum absolute atomic E-state index is 0.120. The molecule has 0 bridgehead atoms. The SMILES string of the molecule is O=C(CCCc1ccc(Cl)cc1)Nc1nn[nH]n1. The summed E-state index contributed by atoms with van der Waals surface area (Å²) in [7, 11) is 0. The van der Waals surface area contributed by atoms with Crippen LogP contribution in [0.3, 0.4) is 0 Å². The van der Waals surface area contributed by atoms with Gasteiger partial charge in [-0.1, -0.05) is 28.8 Å². The van der Waals surface area contributed by atoms with Crippen LogP contribution in [0.4, 0.5) is 5.95 Å². The standard InChI is InChI=1S/C11H12ClN5O/c12-9-6-4-8(5-7-9)2-1-3-10(18)13-11-14-16-17-15-11/h4-7H,1-3H2,(H2,13,14,15,16,17,18). The Bertz CT molecular complexity index is 497. The van der Waals surface area contributed by atoms with Gasteiger partial charge in [-0.05, 0) is 35.8 Å². The van der Waals surface area contributed by atoms with Crippen LogP contribution in [0.2, 0.25) is 5.02 Å². The highest BCUT2D eigenvalue weighted by Gasteiger charge is 2.05. The summed E-state index contributed by atoms with van der Waals surface area (Å²) in [4.78, 5) is 11.5. The molecule has 0 radical (unpaired) electrons. The monoisotopic (exact) mass is 265 g/mol. The molecule has 0 spiro atoms. The number of anilines is 1. The van der Waals surface area contributed by atoms with E-state index in [9.17, 15) is 4.79 Å². The zero-order valence-corrected chi connectivity index (χ0v) is 10.3. The van der Waals surface area contributed by atoms with Gasteiger partial charge in [-0.15, -0.1) is 5.10 Å². The van der Waals surface area contributed by atoms with Crippen molar-refractivity contribution in [2.75, 3.05) is 5.32 Å². The molecule has 2 aromatic rings. The lowest BCUT2D eigenvalue weighted by Gasteiger charge is -2.02. The first-order valence-electron chi connectivity index (χ1n) is 5.52. The van der Waals surface area contributed by atoms with Gasteiger partial charge in [-0.2, -0.15) is 5.21 Å². The predicted octanol–water partition coefficient (Wildman–Crippen LogP) is 1.81. The second-order valence-electron chi connectivity index (χ2n) is 3.76. The first-order chi connectivity index (χ1) is 8.74. The topological polar surface area (TPSA) is 83.6 Å². The third-order valence-corrected chi connectivity index (χ3v) is 2.63. The molecule has 0 aliphatic heterocycles. The van der Waals surface area contributed by atoms with Gasteiger partial charge in [0.15, 0.2) is 0 Å². The zero-order valence-electron chi connectivity index (χ0n) is 9.56. The summed E-state index contributed by atoms with van der Waals surface area (Å²) in [6.07, 6.45) is 2.00. The van der Waals surface area contributed by atoms with Crippen molar-refractivity contribution in [1.82, 2.24) is 20.6 Å². The first kappa shape index (κ1) is 12.5. The Kier molecular flexibility index (Phi) is 4.25. The smallest absolute Gasteiger partial charge is 0.269 e. The Morgan fingerprint density at radius 2 is 2.11 bits per heavy atom. The van der Waals surface area contributed by atoms with E-state index in [-0.39, 0.29) is 11.9 Å². The molecule has 2 rings (SSSR count). The molecule has 0 aliphatic carbocycles. The zero-order chi connectivity index (χ0) is 12.8. The van der Waals surface area contributed by atoms with Gasteiger partial charge >= 0.3 is 0 Å². The summed E-state index contributed by atoms with van der Waals surface area (Å²) >= 11 is 5.79. The number of hydrogen-bond donors (Lipinski definition) is 2. The summed E-state index contributed by atoms with van der Waals surface area (Å²) in [6, 6.07) is 7.60. The van der Waals surface area contributed by atoms with Crippen LogP contribution in [-0.2, 0) is 11.2 Å². The van der Waals surface area contributed by atoms with E-state index in [1.54, 1.807) is 0 Å². The van der Waals surface area contributed by atoms with Gasteiger partial charge in [0.2, 0.25) is 5.91 Å². The molecular formula is C11H12ClN5O. The Hall–Kier alpha value is -1.95. The number of nitrogens with one attached hydrogen (secondary N) is 2. The molecule has 1 aromatic carbocycles. The summed E-state index contributed by atoms with van der Waals surface area (Å²) in [5.74, 6) is 0.0804. The maximum Gasteiger partial charge on any atom is 0.269 e. The lowest BCUT2D eigenvalue weighted by molar-refractivity contribution is -0.116. The van der Waals surface area contributed by atoms with Gasteiger partial charge in [-0.25, -0.2) is 0 Å². The Labute approximate surface area is 109 Å². The van der Waals surface area contributed by atoms with Crippen LogP contribution in [0.25, 0.3) is 0 Å². The summed E-state index contributed by atoms with van der Waals surface area (Å²) in [6.45, 7) is 0. The Balaban J connectivity index is 1.72. The molecule has 0 fully saturated rings. The molecule has 94 valence electrons. The number of halogens is 1. The number of amides is 1. The molecule has 0 unspecified atom stereocenters. The van der Waals surface area contributed by atoms with E-state index in [1.807, 2.05) is 24.3 Å². The lowest BCUT2D eigenvalue weighted by atomic mass is 10.1. The first-order valence-corrected chi connectivity index (χ1v) is 5.89. The largest absolute Gasteiger partial charge is 0.292 e. The second kappa shape index (κ2) is 6.11. The number of carbonyl (C=O) groups excluding carboxylic acids is 1. The lowest BCUT2D eigenvalue weighted by Crippen LogP contribution is -2.12. The number of aryl methyl sites for hydroxylation is 1. The van der Waals surface area contributed by atoms with Gasteiger partial charge in [0.05, 0.1) is 0 Å². The third-order valence-electron chi connectivity index (χ3n) is 2.38. The number of nitrogens with zero attached hydrogens (tertiary/aromatic N) is 3. The molecule has 1 amide bonds. The van der Waals surface area contributed by atoms with Crippen LogP contribution in [0, 0.1) is 0 Å². The number of hydrogen-bond acceptors (Lipinski definition) is 4. The molecule has 2 N–H and O–H groups in total. The van der Waals surface area contributed by atoms with Crippen molar-refractivity contribution in [2.24, 2.45) is 0 Å². The molecular weight excluding hydrogens is 254 g/mol. The Morgan fingerprint density at radius 3 is 2.78 bits per heavy atom. The number of H-pyrrole nitrogens is 1. The summed E-state index contributed by atoms with van der Waals surface area (Å²) in [5, 5.41) is 16.1. The molecule has 1 heterocycles. The highest BCUT2D eigenvalue weighted by Crippen LogP contribution is 2.11. The van der Waals surface area contributed by atoms with Crippen LogP contribution in [0.1, 0.15) is 18.4 Å². The fraction of sp³-hybridized carbons (Fsp3) is 0.273. The Morgan fingerprint density at radius 1 is 1.33 bits per heavy atom. The van der Waals surface area contributed by atoms with E-state index in [1.165, 1.54) is 0 Å². The molecule has 7 heteroatoms. The molecule has 0 saturated heterocycles. The van der Waals surface area contributed by atoms with Gasteiger partial charge in [0, 0.05) is 11.4 Å². The minimum Gasteiger partial charge on any atom is -0.292 e. The van der Waals surface area contributed by atoms with Crippen molar-refractivity contribution in [3.8, 4) is 0 Å². The second-order valence-corrected chi connectivity index (χ2v) is 4.20. The number of benzene rings is 1. The van der Waals surface area contributed by atoms with Crippen molar-refractivity contribution >= 4 is 23.5 Å². The highest BCUT2D eigenvalue weighted by molar-refractivity contribution is 6.30. The van der Waals surface area contributed by atoms with E-state index in [2.05, 4.69) is 25.9 Å². The molecule has 0 atom stereocenters. The maximum atomic E-state index is 11.5. The van der Waals surface area contributed by atoms with Gasteiger partial charge in [0.25, 0.3) is 5.95 Å². The molecule has 1 aromatic heterocycles. The highest BCUT2D eigenvalue weighted by atomic mass is 35.5. The van der Waals surface area contributed by atoms with Crippen LogP contribution < -0.4 is 5.32 Å². The fourth-order valence-corrected chi connectivity index (χ4v) is 1.63. The minimum atomic E-state index is -0.120. The molecule has 6 nitrogen and oxygen atoms in total. The van der Waals surface area contributed by atoms with Crippen LogP contribution in [-0.4, -0.2) is 26.5 Å². The average Bonchev–Trinajstić information content (AvgIpc) is 2.84. The van der Waals surface area contributed by atoms with E-state index in [4.69, 9.17) is 11.6 Å². The number of aromatic amines is 1. The summed E-state index contributed by atoms with van der Waals surface area (Å²) < 4.78 is 0. The van der Waals surface area contributed by atoms with Crippen molar-refractivity contribution in [3.05, 3.63) is 34.9 Å². The number of aromatic nitrogens is 4. The normalized spacial score (nSPS) is 10.3. The van der Waals surface area contributed by atoms with Gasteiger partial charge in [-0.3, -0.25) is 10.1 Å². The van der Waals surface area contributed by atoms with Crippen molar-refractivity contribution in [3.63, 3.8) is 0 Å². The van der Waals surface area contributed by atoms with E-state index >= 15 is 0 Å². The van der Waals surface area contributed by atoms with Crippen LogP contribution in [0.15, 0.2) is 24.3 Å². The van der Waals surface area contributed by atoms with Crippen molar-refractivity contribution in [2.45, 2.75) is 19.3 Å². The number of rotatable bonds is 5. The third kappa shape index (κ3) is 3.81. The van der Waals surface area contributed by atoms with E-state index < -0.39 is 0 Å². The molecule has 18 heavy (non-hydrogen) atoms. The number of carbonyl (C=O) groups is 1. The van der Waals surface area contributed by atoms with Crippen LogP contribution in [0.5, 0.6) is 0 Å². The van der Waals surface area contributed by atoms with E-state index in [0.717, 1.165) is 18.4 Å². The fourth-order valence-electron chi connectivity index (χ4n) is 1.51. The van der Waals surface area contributed by atoms with E-state index in [0.29, 0.717) is 11.4 Å². The quantitative estimate of drug-likeness (QED) is 0.864. The average molecular weight is 266 g/mol. The van der Waals surface area contributed by atoms with Crippen LogP contribution >= 0.6 is 11.6 Å². The van der Waals surface area contributed by atoms with Gasteiger partial charge < -0.3 is 0 Å². The molecule has 0 aliphatic rings. The molecule has 0 saturated carbocycles.